The van der Waals surface area contributed by atoms with Crippen LogP contribution in [0.15, 0.2) is 36.7 Å². The molecule has 0 radical (unpaired) electrons. The van der Waals surface area contributed by atoms with E-state index in [0.29, 0.717) is 5.69 Å². The van der Waals surface area contributed by atoms with Crippen LogP contribution >= 0.6 is 0 Å². The normalized spacial score (nSPS) is 9.75. The van der Waals surface area contributed by atoms with Crippen molar-refractivity contribution in [3.05, 3.63) is 42.2 Å². The Morgan fingerprint density at radius 3 is 2.85 bits per heavy atom. The second kappa shape index (κ2) is 5.67. The van der Waals surface area contributed by atoms with E-state index in [1.165, 1.54) is 16.8 Å². The number of anilines is 1. The lowest BCUT2D eigenvalue weighted by Gasteiger charge is -2.10. The molecule has 0 aliphatic heterocycles. The Morgan fingerprint density at radius 2 is 2.25 bits per heavy atom. The largest absolute Gasteiger partial charge is 0.478 e. The zero-order valence-corrected chi connectivity index (χ0v) is 10.3. The molecular weight excluding hydrogens is 260 g/mol. The summed E-state index contributed by atoms with van der Waals surface area (Å²) in [6, 6.07) is 7.87. The Morgan fingerprint density at radius 1 is 1.45 bits per heavy atom. The molecule has 0 unspecified atom stereocenters. The Kier molecular flexibility index (Phi) is 3.77. The molecule has 0 bridgehead atoms. The van der Waals surface area contributed by atoms with Crippen molar-refractivity contribution in [2.45, 2.75) is 6.42 Å². The summed E-state index contributed by atoms with van der Waals surface area (Å²) in [5.41, 5.74) is 0.685. The van der Waals surface area contributed by atoms with Gasteiger partial charge in [-0.15, -0.1) is 0 Å². The molecule has 0 saturated heterocycles. The molecule has 0 saturated carbocycles. The maximum Gasteiger partial charge on any atom is 0.337 e. The summed E-state index contributed by atoms with van der Waals surface area (Å²) in [6.07, 6.45) is 2.93. The minimum atomic E-state index is -1.16. The molecule has 7 nitrogen and oxygen atoms in total. The highest BCUT2D eigenvalue weighted by Gasteiger charge is 2.13. The first-order valence-corrected chi connectivity index (χ1v) is 5.66. The van der Waals surface area contributed by atoms with E-state index in [4.69, 9.17) is 10.4 Å². The molecule has 0 spiro atoms. The van der Waals surface area contributed by atoms with E-state index < -0.39 is 11.9 Å². The van der Waals surface area contributed by atoms with Gasteiger partial charge in [0.2, 0.25) is 5.91 Å². The molecule has 20 heavy (non-hydrogen) atoms. The average Bonchev–Trinajstić information content (AvgIpc) is 2.92. The second-order valence-corrected chi connectivity index (χ2v) is 3.87. The molecule has 0 aliphatic rings. The van der Waals surface area contributed by atoms with E-state index in [2.05, 4.69) is 10.4 Å². The highest BCUT2D eigenvalue weighted by Crippen LogP contribution is 2.20. The maximum absolute atomic E-state index is 11.4. The molecule has 2 aromatic rings. The van der Waals surface area contributed by atoms with Gasteiger partial charge >= 0.3 is 5.97 Å². The van der Waals surface area contributed by atoms with Crippen molar-refractivity contribution in [3.63, 3.8) is 0 Å². The van der Waals surface area contributed by atoms with Crippen LogP contribution in [0.4, 0.5) is 5.69 Å². The smallest absolute Gasteiger partial charge is 0.337 e. The summed E-state index contributed by atoms with van der Waals surface area (Å²) in [4.78, 5) is 22.6. The van der Waals surface area contributed by atoms with Gasteiger partial charge in [0.15, 0.2) is 0 Å². The number of nitrogens with one attached hydrogen (secondary N) is 1. The second-order valence-electron chi connectivity index (χ2n) is 3.87. The lowest BCUT2D eigenvalue weighted by Crippen LogP contribution is -2.14. The number of benzene rings is 1. The number of hydrogen-bond donors (Lipinski definition) is 2. The molecule has 2 N–H and O–H groups in total. The molecular formula is C13H10N4O3. The van der Waals surface area contributed by atoms with E-state index in [0.717, 1.165) is 0 Å². The molecule has 7 heteroatoms. The highest BCUT2D eigenvalue weighted by molar-refractivity contribution is 6.01. The van der Waals surface area contributed by atoms with Gasteiger partial charge in [0.25, 0.3) is 0 Å². The summed E-state index contributed by atoms with van der Waals surface area (Å²) < 4.78 is 1.53. The number of aromatic nitrogens is 2. The van der Waals surface area contributed by atoms with Crippen LogP contribution in [0.1, 0.15) is 16.8 Å². The van der Waals surface area contributed by atoms with Crippen molar-refractivity contribution >= 4 is 17.6 Å². The summed E-state index contributed by atoms with van der Waals surface area (Å²) in [7, 11) is 0. The molecule has 1 heterocycles. The van der Waals surface area contributed by atoms with Gasteiger partial charge in [0, 0.05) is 12.4 Å². The predicted molar refractivity (Wildman–Crippen MR) is 69.4 cm³/mol. The van der Waals surface area contributed by atoms with Gasteiger partial charge in [0.1, 0.15) is 6.42 Å². The van der Waals surface area contributed by atoms with Crippen LogP contribution in [-0.2, 0) is 4.79 Å². The van der Waals surface area contributed by atoms with Gasteiger partial charge in [0.05, 0.1) is 23.0 Å². The van der Waals surface area contributed by atoms with Crippen molar-refractivity contribution in [1.29, 1.82) is 5.26 Å². The number of nitriles is 1. The number of carboxylic acids is 1. The summed E-state index contributed by atoms with van der Waals surface area (Å²) in [5, 5.41) is 24.0. The van der Waals surface area contributed by atoms with Gasteiger partial charge in [-0.2, -0.15) is 10.4 Å². The number of hydrogen-bond acceptors (Lipinski definition) is 4. The highest BCUT2D eigenvalue weighted by atomic mass is 16.4. The average molecular weight is 270 g/mol. The summed E-state index contributed by atoms with van der Waals surface area (Å²) in [6.45, 7) is 0. The first kappa shape index (κ1) is 13.3. The van der Waals surface area contributed by atoms with Gasteiger partial charge in [-0.05, 0) is 24.3 Å². The van der Waals surface area contributed by atoms with Crippen molar-refractivity contribution in [1.82, 2.24) is 9.78 Å². The van der Waals surface area contributed by atoms with Gasteiger partial charge in [-0.25, -0.2) is 9.48 Å². The topological polar surface area (TPSA) is 108 Å². The minimum absolute atomic E-state index is 0.0489. The van der Waals surface area contributed by atoms with E-state index in [-0.39, 0.29) is 17.7 Å². The quantitative estimate of drug-likeness (QED) is 0.873. The summed E-state index contributed by atoms with van der Waals surface area (Å²) >= 11 is 0. The van der Waals surface area contributed by atoms with E-state index in [1.54, 1.807) is 30.6 Å². The van der Waals surface area contributed by atoms with Crippen LogP contribution in [0.3, 0.4) is 0 Å². The minimum Gasteiger partial charge on any atom is -0.478 e. The lowest BCUT2D eigenvalue weighted by molar-refractivity contribution is -0.115. The number of rotatable bonds is 4. The molecule has 0 fully saturated rings. The van der Waals surface area contributed by atoms with E-state index >= 15 is 0 Å². The maximum atomic E-state index is 11.4. The fourth-order valence-corrected chi connectivity index (χ4v) is 1.65. The molecule has 1 amide bonds. The number of carbonyl (C=O) groups excluding carboxylic acids is 1. The van der Waals surface area contributed by atoms with Crippen LogP contribution in [0.25, 0.3) is 5.69 Å². The molecule has 2 rings (SSSR count). The first-order chi connectivity index (χ1) is 9.61. The molecule has 1 aromatic carbocycles. The van der Waals surface area contributed by atoms with Crippen molar-refractivity contribution in [2.75, 3.05) is 5.32 Å². The SMILES string of the molecule is N#CCC(=O)Nc1cc(-n2cccn2)ccc1C(=O)O. The zero-order chi connectivity index (χ0) is 14.5. The first-order valence-electron chi connectivity index (χ1n) is 5.66. The van der Waals surface area contributed by atoms with Crippen LogP contribution in [0, 0.1) is 11.3 Å². The number of aromatic carboxylic acids is 1. The molecule has 0 aliphatic carbocycles. The van der Waals surface area contributed by atoms with Crippen LogP contribution in [-0.4, -0.2) is 26.8 Å². The van der Waals surface area contributed by atoms with Crippen LogP contribution in [0.2, 0.25) is 0 Å². The molecule has 1 aromatic heterocycles. The number of carbonyl (C=O) groups is 2. The van der Waals surface area contributed by atoms with Gasteiger partial charge in [-0.3, -0.25) is 4.79 Å². The number of amides is 1. The van der Waals surface area contributed by atoms with Crippen molar-refractivity contribution in [2.24, 2.45) is 0 Å². The van der Waals surface area contributed by atoms with E-state index in [9.17, 15) is 9.59 Å². The Hall–Kier alpha value is -3.14. The summed E-state index contributed by atoms with van der Waals surface area (Å²) in [5.74, 6) is -1.73. The molecule has 0 atom stereocenters. The standard InChI is InChI=1S/C13H10N4O3/c14-5-4-12(18)16-11-8-9(17-7-1-6-15-17)2-3-10(11)13(19)20/h1-3,6-8H,4H2,(H,16,18)(H,19,20). The van der Waals surface area contributed by atoms with Crippen LogP contribution in [0.5, 0.6) is 0 Å². The third kappa shape index (κ3) is 2.81. The third-order valence-corrected chi connectivity index (χ3v) is 2.52. The zero-order valence-electron chi connectivity index (χ0n) is 10.3. The van der Waals surface area contributed by atoms with Crippen molar-refractivity contribution < 1.29 is 14.7 Å². The number of carboxylic acid groups (broad SMARTS) is 1. The molecule has 100 valence electrons. The van der Waals surface area contributed by atoms with E-state index in [1.807, 2.05) is 0 Å². The van der Waals surface area contributed by atoms with Gasteiger partial charge < -0.3 is 10.4 Å². The fourth-order valence-electron chi connectivity index (χ4n) is 1.65. The Bertz CT molecular complexity index is 686. The fraction of sp³-hybridized carbons (Fsp3) is 0.0769. The van der Waals surface area contributed by atoms with Gasteiger partial charge in [-0.1, -0.05) is 0 Å². The predicted octanol–water partition coefficient (Wildman–Crippen LogP) is 1.42. The Balaban J connectivity index is 2.40. The lowest BCUT2D eigenvalue weighted by atomic mass is 10.1. The van der Waals surface area contributed by atoms with Crippen molar-refractivity contribution in [3.8, 4) is 11.8 Å². The Labute approximate surface area is 114 Å². The number of nitrogens with zero attached hydrogens (tertiary/aromatic N) is 3. The third-order valence-electron chi connectivity index (χ3n) is 2.52. The monoisotopic (exact) mass is 270 g/mol. The van der Waals surface area contributed by atoms with Crippen LogP contribution < -0.4 is 5.32 Å².